The number of hydrogen-bond acceptors (Lipinski definition) is 27. The lowest BCUT2D eigenvalue weighted by Gasteiger charge is -2.17. The Labute approximate surface area is 581 Å². The minimum absolute atomic E-state index is 0.0187. The minimum atomic E-state index is -3.55. The maximum Gasteiger partial charge on any atom is 0.335 e. The molecule has 32 nitrogen and oxygen atoms in total. The molecule has 3 atom stereocenters. The number of carbonyl (C=O) groups is 5. The number of fused-ring (bicyclic) bond motifs is 2. The van der Waals surface area contributed by atoms with Crippen LogP contribution in [-0.2, 0) is 14.6 Å². The van der Waals surface area contributed by atoms with Crippen molar-refractivity contribution in [2.45, 2.75) is 60.8 Å². The Morgan fingerprint density at radius 3 is 1.38 bits per heavy atom. The summed E-state index contributed by atoms with van der Waals surface area (Å²) in [5.41, 5.74) is 4.00. The first-order valence-corrected chi connectivity index (χ1v) is 34.4. The topological polar surface area (TPSA) is 435 Å². The van der Waals surface area contributed by atoms with E-state index in [1.54, 1.807) is 128 Å². The lowest BCUT2D eigenvalue weighted by atomic mass is 10.0. The highest BCUT2D eigenvalue weighted by Crippen LogP contribution is 2.34. The second-order valence-electron chi connectivity index (χ2n) is 22.7. The normalized spacial score (nSPS) is 14.3. The van der Waals surface area contributed by atoms with Gasteiger partial charge in [0.25, 0.3) is 11.8 Å². The number of carboxylic acids is 1. The van der Waals surface area contributed by atoms with Gasteiger partial charge in [0.15, 0.2) is 9.84 Å². The number of aromatic nitrogens is 18. The molecule has 0 saturated carbocycles. The average Bonchev–Trinajstić information content (AvgIpc) is 1.45. The van der Waals surface area contributed by atoms with E-state index >= 15 is 0 Å². The average molecular weight is 1400 g/mol. The van der Waals surface area contributed by atoms with Gasteiger partial charge in [-0.25, -0.2) is 47.9 Å². The number of nitrogens with one attached hydrogen (secondary N) is 5. The highest BCUT2D eigenvalue weighted by molar-refractivity contribution is 8.00. The zero-order chi connectivity index (χ0) is 70.5. The molecule has 11 aromatic rings. The van der Waals surface area contributed by atoms with Crippen molar-refractivity contribution in [2.75, 3.05) is 50.1 Å². The van der Waals surface area contributed by atoms with Gasteiger partial charge in [0.05, 0.1) is 28.3 Å². The summed E-state index contributed by atoms with van der Waals surface area (Å²) >= 11 is 1.89. The van der Waals surface area contributed by atoms with Crippen molar-refractivity contribution < 1.29 is 37.5 Å². The Hall–Kier alpha value is -12.3. The van der Waals surface area contributed by atoms with Crippen LogP contribution in [0.25, 0.3) is 79.9 Å². The van der Waals surface area contributed by atoms with Gasteiger partial charge in [0, 0.05) is 133 Å². The summed E-state index contributed by atoms with van der Waals surface area (Å²) in [7, 11) is 0.296. The molecule has 6 N–H and O–H groups in total. The number of nitrogens with zero attached hydrogens (tertiary/aromatic N) is 19. The maximum absolute atomic E-state index is 13.2. The van der Waals surface area contributed by atoms with Crippen molar-refractivity contribution in [3.8, 4) is 69.1 Å². The van der Waals surface area contributed by atoms with E-state index in [0.29, 0.717) is 104 Å². The molecular weight excluding hydrogens is 1330 g/mol. The number of sulfone groups is 1. The summed E-state index contributed by atoms with van der Waals surface area (Å²) < 4.78 is 26.3. The van der Waals surface area contributed by atoms with Crippen molar-refractivity contribution in [1.82, 2.24) is 118 Å². The molecule has 2 aliphatic rings. The van der Waals surface area contributed by atoms with Gasteiger partial charge in [-0.1, -0.05) is 67.1 Å². The maximum atomic E-state index is 13.2. The van der Waals surface area contributed by atoms with Crippen molar-refractivity contribution in [3.05, 3.63) is 181 Å². The molecular formula is C67H64N24O8S2. The van der Waals surface area contributed by atoms with Crippen LogP contribution in [0.5, 0.6) is 0 Å². The number of amides is 5. The fourth-order valence-corrected chi connectivity index (χ4v) is 13.5. The summed E-state index contributed by atoms with van der Waals surface area (Å²) in [6, 6.07) is 36.0. The second kappa shape index (κ2) is 33.8. The molecule has 3 unspecified atom stereocenters. The van der Waals surface area contributed by atoms with Gasteiger partial charge in [-0.2, -0.15) is 11.8 Å². The van der Waals surface area contributed by atoms with E-state index in [-0.39, 0.29) is 77.6 Å². The molecule has 0 spiro atoms. The fraction of sp³-hybridized carbons (Fsp3) is 0.239. The predicted octanol–water partition coefficient (Wildman–Crippen LogP) is 5.64. The molecule has 5 aromatic carbocycles. The van der Waals surface area contributed by atoms with E-state index in [1.165, 1.54) is 12.1 Å². The minimum Gasteiger partial charge on any atom is -0.478 e. The number of unbranched alkanes of at least 4 members (excludes halogenated alkanes) is 1. The Morgan fingerprint density at radius 2 is 0.911 bits per heavy atom. The van der Waals surface area contributed by atoms with E-state index in [4.69, 9.17) is 5.11 Å². The Kier molecular flexibility index (Phi) is 23.4. The number of aromatic carboxylic acids is 1. The molecule has 0 radical (unpaired) electrons. The second-order valence-corrected chi connectivity index (χ2v) is 26.0. The van der Waals surface area contributed by atoms with Gasteiger partial charge in [-0.05, 0) is 92.4 Å². The highest BCUT2D eigenvalue weighted by atomic mass is 32.2. The third kappa shape index (κ3) is 18.7. The van der Waals surface area contributed by atoms with Crippen molar-refractivity contribution in [1.29, 1.82) is 0 Å². The van der Waals surface area contributed by atoms with Crippen LogP contribution in [0.2, 0.25) is 0 Å². The van der Waals surface area contributed by atoms with E-state index in [2.05, 4.69) is 118 Å². The Bertz CT molecular complexity index is 4740. The van der Waals surface area contributed by atoms with Gasteiger partial charge in [-0.15, -0.1) is 61.2 Å². The van der Waals surface area contributed by atoms with Crippen LogP contribution >= 0.6 is 11.8 Å². The van der Waals surface area contributed by atoms with E-state index in [0.717, 1.165) is 36.1 Å². The SMILES string of the molecule is CN(C)c1cccc2c(S(=O)(=O)CCCNC(=O)c3ccc(-c4nnc(-c5ncccn5)nn4)cc3)cccc12.O=C(CCCCC1SCC2NC(=O)NC21)NCCCNC(=O)c1ccc(-c2nnc(-c3ncccn3)nn2)cc1.O=C(O)c1ccc(-c2nnc(-c3ncccn3)nn2)cc1. The number of anilines is 1. The summed E-state index contributed by atoms with van der Waals surface area (Å²) in [6.45, 7) is 1.16. The van der Waals surface area contributed by atoms with Crippen LogP contribution < -0.4 is 31.5 Å². The summed E-state index contributed by atoms with van der Waals surface area (Å²) in [6.07, 6.45) is 13.6. The van der Waals surface area contributed by atoms with Crippen LogP contribution in [0.3, 0.4) is 0 Å². The first-order valence-electron chi connectivity index (χ1n) is 31.7. The lowest BCUT2D eigenvalue weighted by Crippen LogP contribution is -2.36. The Morgan fingerprint density at radius 1 is 0.485 bits per heavy atom. The first kappa shape index (κ1) is 70.0. The monoisotopic (exact) mass is 1400 g/mol. The molecule has 0 aliphatic carbocycles. The van der Waals surface area contributed by atoms with Crippen molar-refractivity contribution in [3.63, 3.8) is 0 Å². The van der Waals surface area contributed by atoms with Crippen LogP contribution in [0, 0.1) is 0 Å². The van der Waals surface area contributed by atoms with Gasteiger partial charge >= 0.3 is 12.0 Å². The number of rotatable bonds is 24. The zero-order valence-electron chi connectivity index (χ0n) is 54.2. The van der Waals surface area contributed by atoms with E-state index in [1.807, 2.05) is 55.0 Å². The predicted molar refractivity (Wildman–Crippen MR) is 370 cm³/mol. The fourth-order valence-electron chi connectivity index (χ4n) is 10.4. The van der Waals surface area contributed by atoms with E-state index in [9.17, 15) is 32.4 Å². The Balaban J connectivity index is 0.000000160. The zero-order valence-corrected chi connectivity index (χ0v) is 55.9. The molecule has 2 fully saturated rings. The van der Waals surface area contributed by atoms with Crippen LogP contribution in [0.1, 0.15) is 69.6 Å². The number of benzene rings is 5. The smallest absolute Gasteiger partial charge is 0.335 e. The summed E-state index contributed by atoms with van der Waals surface area (Å²) in [5.74, 6) is 1.96. The van der Waals surface area contributed by atoms with Gasteiger partial charge in [0.1, 0.15) is 0 Å². The number of urea groups is 1. The number of thioether (sulfide) groups is 1. The number of carboxylic acid groups (broad SMARTS) is 1. The number of carbonyl (C=O) groups excluding carboxylic acids is 4. The molecule has 2 aliphatic heterocycles. The molecule has 2 saturated heterocycles. The standard InChI is InChI=1S/C28H26N8O3S.C26H30N10O3S.C13H8N6O2/c1-36(2)23-9-3-8-22-21(23)7-4-10-24(22)40(38,39)18-6-17-31-28(37)20-13-11-19(12-14-20)25-32-34-27(35-33-25)26-29-15-5-16-30-26;37-20(6-2-1-5-19-21-18(15-40-19)31-26(39)32-21)27-11-3-14-30-25(38)17-9-7-16(8-10-17)22-33-35-24(36-34-22)23-28-12-4-13-29-23;20-13(21)9-4-2-8(3-5-9)10-16-18-12(19-17-10)11-14-6-1-7-15-11/h3-5,7-16H,6,17-18H2,1-2H3,(H,31,37);4,7-10,12-13,18-19,21H,1-3,5-6,11,14-15H2,(H,27,37)(H,30,38)(H2,31,32,39);1-7H,(H,20,21). The third-order valence-corrected chi connectivity index (χ3v) is 18.9. The molecule has 8 heterocycles. The molecule has 5 amide bonds. The molecule has 13 rings (SSSR count). The van der Waals surface area contributed by atoms with Crippen molar-refractivity contribution in [2.24, 2.45) is 0 Å². The first-order chi connectivity index (χ1) is 49.1. The van der Waals surface area contributed by atoms with Crippen molar-refractivity contribution >= 4 is 67.8 Å². The molecule has 512 valence electrons. The summed E-state index contributed by atoms with van der Waals surface area (Å²) in [5, 5.41) is 73.5. The van der Waals surface area contributed by atoms with Gasteiger partial charge < -0.3 is 36.6 Å². The van der Waals surface area contributed by atoms with Crippen LogP contribution in [0.4, 0.5) is 10.5 Å². The molecule has 34 heteroatoms. The van der Waals surface area contributed by atoms with Gasteiger partial charge in [-0.3, -0.25) is 14.4 Å². The quantitative estimate of drug-likeness (QED) is 0.0314. The third-order valence-electron chi connectivity index (χ3n) is 15.5. The number of hydrogen-bond donors (Lipinski definition) is 6. The van der Waals surface area contributed by atoms with Crippen LogP contribution in [0.15, 0.2) is 169 Å². The van der Waals surface area contributed by atoms with Crippen LogP contribution in [-0.4, -0.2) is 197 Å². The summed E-state index contributed by atoms with van der Waals surface area (Å²) in [4.78, 5) is 86.0. The molecule has 101 heavy (non-hydrogen) atoms. The largest absolute Gasteiger partial charge is 0.478 e. The lowest BCUT2D eigenvalue weighted by molar-refractivity contribution is -0.121. The van der Waals surface area contributed by atoms with Gasteiger partial charge in [0.2, 0.25) is 58.3 Å². The van der Waals surface area contributed by atoms with E-state index < -0.39 is 15.8 Å². The molecule has 0 bridgehead atoms. The highest BCUT2D eigenvalue weighted by Gasteiger charge is 2.42. The molecule has 6 aromatic heterocycles.